The van der Waals surface area contributed by atoms with Crippen LogP contribution in [0.2, 0.25) is 0 Å². The summed E-state index contributed by atoms with van der Waals surface area (Å²) in [6, 6.07) is 7.88. The molecule has 1 fully saturated rings. The Morgan fingerprint density at radius 3 is 2.90 bits per heavy atom. The molecule has 1 aromatic carbocycles. The van der Waals surface area contributed by atoms with Crippen molar-refractivity contribution < 1.29 is 13.9 Å². The topological polar surface area (TPSA) is 51.5 Å². The second-order valence-corrected chi connectivity index (χ2v) is 5.43. The Balaban J connectivity index is 1.80. The fourth-order valence-corrected chi connectivity index (χ4v) is 2.77. The largest absolute Gasteiger partial charge is 0.451 e. The van der Waals surface area contributed by atoms with Gasteiger partial charge in [-0.2, -0.15) is 0 Å². The summed E-state index contributed by atoms with van der Waals surface area (Å²) in [6.45, 7) is 4.66. The van der Waals surface area contributed by atoms with Crippen molar-refractivity contribution in [2.45, 2.75) is 38.8 Å². The van der Waals surface area contributed by atoms with E-state index in [4.69, 9.17) is 9.15 Å². The third-order valence-corrected chi connectivity index (χ3v) is 3.87. The van der Waals surface area contributed by atoms with E-state index in [-0.39, 0.29) is 18.1 Å². The van der Waals surface area contributed by atoms with Crippen LogP contribution in [0.4, 0.5) is 0 Å². The molecule has 0 bridgehead atoms. The zero-order valence-corrected chi connectivity index (χ0v) is 11.8. The first-order valence-corrected chi connectivity index (χ1v) is 7.05. The van der Waals surface area contributed by atoms with Crippen molar-refractivity contribution in [1.82, 2.24) is 5.32 Å². The number of benzene rings is 1. The summed E-state index contributed by atoms with van der Waals surface area (Å²) in [5, 5.41) is 4.05. The van der Waals surface area contributed by atoms with E-state index in [1.165, 1.54) is 0 Å². The summed E-state index contributed by atoms with van der Waals surface area (Å²) >= 11 is 0. The maximum absolute atomic E-state index is 12.4. The van der Waals surface area contributed by atoms with Crippen molar-refractivity contribution >= 4 is 16.9 Å². The lowest BCUT2D eigenvalue weighted by Crippen LogP contribution is -2.41. The SMILES string of the molecule is Cc1c(C(=O)NC2CCOC(C)C2)oc2ccccc12. The third-order valence-electron chi connectivity index (χ3n) is 3.87. The molecule has 2 heterocycles. The fraction of sp³-hybridized carbons (Fsp3) is 0.438. The number of ether oxygens (including phenoxy) is 1. The summed E-state index contributed by atoms with van der Waals surface area (Å²) in [5.41, 5.74) is 1.66. The lowest BCUT2D eigenvalue weighted by atomic mass is 10.0. The van der Waals surface area contributed by atoms with Crippen LogP contribution >= 0.6 is 0 Å². The predicted octanol–water partition coefficient (Wildman–Crippen LogP) is 3.04. The van der Waals surface area contributed by atoms with Crippen molar-refractivity contribution in [3.8, 4) is 0 Å². The minimum absolute atomic E-state index is 0.127. The zero-order chi connectivity index (χ0) is 14.1. The molecule has 1 N–H and O–H groups in total. The maximum atomic E-state index is 12.4. The molecule has 3 rings (SSSR count). The van der Waals surface area contributed by atoms with Gasteiger partial charge in [0.2, 0.25) is 0 Å². The number of nitrogens with one attached hydrogen (secondary N) is 1. The highest BCUT2D eigenvalue weighted by Crippen LogP contribution is 2.25. The van der Waals surface area contributed by atoms with Gasteiger partial charge in [-0.3, -0.25) is 4.79 Å². The molecule has 0 saturated carbocycles. The van der Waals surface area contributed by atoms with E-state index in [9.17, 15) is 4.79 Å². The lowest BCUT2D eigenvalue weighted by Gasteiger charge is -2.27. The molecule has 2 aromatic rings. The second kappa shape index (κ2) is 5.29. The van der Waals surface area contributed by atoms with Gasteiger partial charge in [0.25, 0.3) is 5.91 Å². The van der Waals surface area contributed by atoms with Gasteiger partial charge in [0, 0.05) is 23.6 Å². The zero-order valence-electron chi connectivity index (χ0n) is 11.8. The first-order chi connectivity index (χ1) is 9.65. The van der Waals surface area contributed by atoms with Crippen LogP contribution in [-0.2, 0) is 4.74 Å². The van der Waals surface area contributed by atoms with Crippen LogP contribution in [0.1, 0.15) is 35.9 Å². The minimum atomic E-state index is -0.127. The number of amides is 1. The molecule has 0 aliphatic carbocycles. The Morgan fingerprint density at radius 1 is 1.35 bits per heavy atom. The highest BCUT2D eigenvalue weighted by molar-refractivity contribution is 5.99. The van der Waals surface area contributed by atoms with Gasteiger partial charge in [-0.25, -0.2) is 0 Å². The van der Waals surface area contributed by atoms with Crippen LogP contribution in [-0.4, -0.2) is 24.7 Å². The van der Waals surface area contributed by atoms with Crippen molar-refractivity contribution in [2.75, 3.05) is 6.61 Å². The van der Waals surface area contributed by atoms with Crippen molar-refractivity contribution in [2.24, 2.45) is 0 Å². The molecule has 0 radical (unpaired) electrons. The number of aryl methyl sites for hydroxylation is 1. The van der Waals surface area contributed by atoms with E-state index in [1.54, 1.807) is 0 Å². The van der Waals surface area contributed by atoms with E-state index in [2.05, 4.69) is 5.32 Å². The van der Waals surface area contributed by atoms with Gasteiger partial charge in [0.15, 0.2) is 5.76 Å². The van der Waals surface area contributed by atoms with Crippen LogP contribution in [0, 0.1) is 6.92 Å². The first kappa shape index (κ1) is 13.2. The molecule has 0 spiro atoms. The van der Waals surface area contributed by atoms with Crippen LogP contribution in [0.5, 0.6) is 0 Å². The molecule has 1 aliphatic heterocycles. The van der Waals surface area contributed by atoms with Crippen molar-refractivity contribution in [1.29, 1.82) is 0 Å². The number of para-hydroxylation sites is 1. The quantitative estimate of drug-likeness (QED) is 0.915. The van der Waals surface area contributed by atoms with Crippen LogP contribution in [0.3, 0.4) is 0 Å². The fourth-order valence-electron chi connectivity index (χ4n) is 2.77. The Bertz CT molecular complexity index is 632. The van der Waals surface area contributed by atoms with Gasteiger partial charge in [-0.1, -0.05) is 18.2 Å². The van der Waals surface area contributed by atoms with Gasteiger partial charge in [-0.15, -0.1) is 0 Å². The molecule has 1 amide bonds. The van der Waals surface area contributed by atoms with E-state index in [0.717, 1.165) is 29.4 Å². The van der Waals surface area contributed by atoms with Crippen LogP contribution in [0.15, 0.2) is 28.7 Å². The summed E-state index contributed by atoms with van der Waals surface area (Å²) in [5.74, 6) is 0.295. The molecule has 4 heteroatoms. The smallest absolute Gasteiger partial charge is 0.287 e. The van der Waals surface area contributed by atoms with Gasteiger partial charge in [0.05, 0.1) is 6.10 Å². The second-order valence-electron chi connectivity index (χ2n) is 5.43. The number of fused-ring (bicyclic) bond motifs is 1. The summed E-state index contributed by atoms with van der Waals surface area (Å²) in [6.07, 6.45) is 1.91. The normalized spacial score (nSPS) is 22.9. The standard InChI is InChI=1S/C16H19NO3/c1-10-9-12(7-8-19-10)17-16(18)15-11(2)13-5-3-4-6-14(13)20-15/h3-6,10,12H,7-9H2,1-2H3,(H,17,18). The average molecular weight is 273 g/mol. The maximum Gasteiger partial charge on any atom is 0.287 e. The lowest BCUT2D eigenvalue weighted by molar-refractivity contribution is 0.0134. The van der Waals surface area contributed by atoms with Gasteiger partial charge >= 0.3 is 0 Å². The van der Waals surface area contributed by atoms with Gasteiger partial charge in [0.1, 0.15) is 5.58 Å². The van der Waals surface area contributed by atoms with Crippen LogP contribution < -0.4 is 5.32 Å². The average Bonchev–Trinajstić information content (AvgIpc) is 2.77. The monoisotopic (exact) mass is 273 g/mol. The Morgan fingerprint density at radius 2 is 2.15 bits per heavy atom. The molecule has 4 nitrogen and oxygen atoms in total. The number of hydrogen-bond donors (Lipinski definition) is 1. The highest BCUT2D eigenvalue weighted by atomic mass is 16.5. The molecule has 2 atom stereocenters. The molecule has 2 unspecified atom stereocenters. The molecule has 20 heavy (non-hydrogen) atoms. The molecule has 106 valence electrons. The van der Waals surface area contributed by atoms with E-state index >= 15 is 0 Å². The highest BCUT2D eigenvalue weighted by Gasteiger charge is 2.24. The third kappa shape index (κ3) is 2.43. The first-order valence-electron chi connectivity index (χ1n) is 7.05. The Hall–Kier alpha value is -1.81. The Labute approximate surface area is 118 Å². The summed E-state index contributed by atoms with van der Waals surface area (Å²) in [4.78, 5) is 12.4. The number of furan rings is 1. The number of carbonyl (C=O) groups is 1. The summed E-state index contributed by atoms with van der Waals surface area (Å²) < 4.78 is 11.2. The van der Waals surface area contributed by atoms with Crippen molar-refractivity contribution in [3.05, 3.63) is 35.6 Å². The van der Waals surface area contributed by atoms with E-state index in [1.807, 2.05) is 38.1 Å². The molecular weight excluding hydrogens is 254 g/mol. The summed E-state index contributed by atoms with van der Waals surface area (Å²) in [7, 11) is 0. The van der Waals surface area contributed by atoms with Crippen molar-refractivity contribution in [3.63, 3.8) is 0 Å². The predicted molar refractivity (Wildman–Crippen MR) is 76.9 cm³/mol. The molecule has 1 saturated heterocycles. The van der Waals surface area contributed by atoms with E-state index in [0.29, 0.717) is 12.4 Å². The van der Waals surface area contributed by atoms with E-state index < -0.39 is 0 Å². The van der Waals surface area contributed by atoms with Crippen LogP contribution in [0.25, 0.3) is 11.0 Å². The van der Waals surface area contributed by atoms with Gasteiger partial charge < -0.3 is 14.5 Å². The molecular formula is C16H19NO3. The minimum Gasteiger partial charge on any atom is -0.451 e. The molecule has 1 aromatic heterocycles. The Kier molecular flexibility index (Phi) is 3.49. The van der Waals surface area contributed by atoms with Gasteiger partial charge in [-0.05, 0) is 32.8 Å². The number of carbonyl (C=O) groups excluding carboxylic acids is 1. The number of hydrogen-bond acceptors (Lipinski definition) is 3. The molecule has 1 aliphatic rings. The number of rotatable bonds is 2.